The number of rotatable bonds is 2. The average molecular weight is 270 g/mol. The van der Waals surface area contributed by atoms with Crippen LogP contribution in [0.25, 0.3) is 16.9 Å². The molecule has 0 saturated carbocycles. The summed E-state index contributed by atoms with van der Waals surface area (Å²) in [5, 5.41) is 0. The molecule has 2 heterocycles. The number of imidazole rings is 1. The van der Waals surface area contributed by atoms with Crippen LogP contribution in [0.3, 0.4) is 0 Å². The van der Waals surface area contributed by atoms with E-state index in [-0.39, 0.29) is 5.82 Å². The van der Waals surface area contributed by atoms with E-state index in [2.05, 4.69) is 4.98 Å². The molecule has 3 aromatic rings. The van der Waals surface area contributed by atoms with E-state index in [1.807, 2.05) is 6.07 Å². The SMILES string of the molecule is COC(=O)c1c(-c2ccc(F)cc2)nc2ccccn12. The largest absolute Gasteiger partial charge is 0.464 e. The fraction of sp³-hybridized carbons (Fsp3) is 0.0667. The lowest BCUT2D eigenvalue weighted by atomic mass is 10.1. The van der Waals surface area contributed by atoms with Gasteiger partial charge in [0.05, 0.1) is 7.11 Å². The Balaban J connectivity index is 2.29. The molecule has 0 atom stereocenters. The Labute approximate surface area is 114 Å². The van der Waals surface area contributed by atoms with E-state index in [4.69, 9.17) is 4.74 Å². The van der Waals surface area contributed by atoms with Crippen molar-refractivity contribution in [3.05, 3.63) is 60.2 Å². The molecule has 0 radical (unpaired) electrons. The van der Waals surface area contributed by atoms with Gasteiger partial charge in [-0.3, -0.25) is 4.40 Å². The van der Waals surface area contributed by atoms with Gasteiger partial charge in [-0.1, -0.05) is 6.07 Å². The number of benzene rings is 1. The summed E-state index contributed by atoms with van der Waals surface area (Å²) < 4.78 is 19.5. The first-order chi connectivity index (χ1) is 9.70. The summed E-state index contributed by atoms with van der Waals surface area (Å²) in [5.41, 5.74) is 2.10. The monoisotopic (exact) mass is 270 g/mol. The van der Waals surface area contributed by atoms with Crippen LogP contribution in [0.5, 0.6) is 0 Å². The minimum atomic E-state index is -0.483. The molecule has 100 valence electrons. The number of carbonyl (C=O) groups excluding carboxylic acids is 1. The van der Waals surface area contributed by atoms with Crippen molar-refractivity contribution in [2.75, 3.05) is 7.11 Å². The Bertz CT molecular complexity index is 778. The van der Waals surface area contributed by atoms with Crippen LogP contribution in [-0.2, 0) is 4.74 Å². The molecule has 0 spiro atoms. The number of halogens is 1. The van der Waals surface area contributed by atoms with Gasteiger partial charge in [-0.2, -0.15) is 0 Å². The van der Waals surface area contributed by atoms with Crippen LogP contribution in [0.1, 0.15) is 10.5 Å². The lowest BCUT2D eigenvalue weighted by Crippen LogP contribution is -2.06. The van der Waals surface area contributed by atoms with Crippen LogP contribution in [0.15, 0.2) is 48.7 Å². The number of esters is 1. The lowest BCUT2D eigenvalue weighted by Gasteiger charge is -2.03. The van der Waals surface area contributed by atoms with Crippen LogP contribution in [0.2, 0.25) is 0 Å². The summed E-state index contributed by atoms with van der Waals surface area (Å²) in [7, 11) is 1.32. The van der Waals surface area contributed by atoms with Crippen molar-refractivity contribution in [3.8, 4) is 11.3 Å². The predicted octanol–water partition coefficient (Wildman–Crippen LogP) is 2.93. The number of aromatic nitrogens is 2. The zero-order chi connectivity index (χ0) is 14.1. The van der Waals surface area contributed by atoms with Crippen LogP contribution in [0.4, 0.5) is 4.39 Å². The summed E-state index contributed by atoms with van der Waals surface area (Å²) in [6, 6.07) is 11.3. The van der Waals surface area contributed by atoms with E-state index in [0.29, 0.717) is 22.6 Å². The highest BCUT2D eigenvalue weighted by Crippen LogP contribution is 2.25. The Morgan fingerprint density at radius 3 is 2.65 bits per heavy atom. The topological polar surface area (TPSA) is 43.6 Å². The number of fused-ring (bicyclic) bond motifs is 1. The Kier molecular flexibility index (Phi) is 2.95. The quantitative estimate of drug-likeness (QED) is 0.672. The third kappa shape index (κ3) is 1.93. The van der Waals surface area contributed by atoms with Crippen molar-refractivity contribution in [3.63, 3.8) is 0 Å². The smallest absolute Gasteiger partial charge is 0.357 e. The zero-order valence-electron chi connectivity index (χ0n) is 10.7. The van der Waals surface area contributed by atoms with Crippen molar-refractivity contribution >= 4 is 11.6 Å². The molecule has 0 aliphatic heterocycles. The molecule has 0 bridgehead atoms. The normalized spacial score (nSPS) is 10.7. The van der Waals surface area contributed by atoms with E-state index < -0.39 is 5.97 Å². The maximum absolute atomic E-state index is 13.0. The Morgan fingerprint density at radius 2 is 1.95 bits per heavy atom. The highest BCUT2D eigenvalue weighted by Gasteiger charge is 2.20. The van der Waals surface area contributed by atoms with Gasteiger partial charge in [0.15, 0.2) is 5.69 Å². The van der Waals surface area contributed by atoms with Crippen LogP contribution >= 0.6 is 0 Å². The van der Waals surface area contributed by atoms with Crippen LogP contribution in [0, 0.1) is 5.82 Å². The van der Waals surface area contributed by atoms with Crippen molar-refractivity contribution < 1.29 is 13.9 Å². The number of hydrogen-bond acceptors (Lipinski definition) is 3. The Hall–Kier alpha value is -2.69. The van der Waals surface area contributed by atoms with E-state index in [9.17, 15) is 9.18 Å². The van der Waals surface area contributed by atoms with E-state index in [1.165, 1.54) is 19.2 Å². The molecule has 0 fully saturated rings. The van der Waals surface area contributed by atoms with Gasteiger partial charge in [0.1, 0.15) is 17.2 Å². The van der Waals surface area contributed by atoms with Crippen molar-refractivity contribution in [2.24, 2.45) is 0 Å². The number of methoxy groups -OCH3 is 1. The van der Waals surface area contributed by atoms with Gasteiger partial charge in [0.25, 0.3) is 0 Å². The van der Waals surface area contributed by atoms with E-state index in [1.54, 1.807) is 34.9 Å². The first-order valence-electron chi connectivity index (χ1n) is 6.02. The molecule has 1 aromatic carbocycles. The molecule has 0 N–H and O–H groups in total. The first kappa shape index (κ1) is 12.3. The highest BCUT2D eigenvalue weighted by molar-refractivity contribution is 5.95. The third-order valence-electron chi connectivity index (χ3n) is 3.03. The van der Waals surface area contributed by atoms with Gasteiger partial charge in [-0.15, -0.1) is 0 Å². The molecular weight excluding hydrogens is 259 g/mol. The van der Waals surface area contributed by atoms with E-state index in [0.717, 1.165) is 0 Å². The van der Waals surface area contributed by atoms with Gasteiger partial charge >= 0.3 is 5.97 Å². The third-order valence-corrected chi connectivity index (χ3v) is 3.03. The second kappa shape index (κ2) is 4.77. The Morgan fingerprint density at radius 1 is 1.20 bits per heavy atom. The number of ether oxygens (including phenoxy) is 1. The van der Waals surface area contributed by atoms with Gasteiger partial charge in [-0.25, -0.2) is 14.2 Å². The maximum Gasteiger partial charge on any atom is 0.357 e. The fourth-order valence-corrected chi connectivity index (χ4v) is 2.10. The van der Waals surface area contributed by atoms with Crippen molar-refractivity contribution in [2.45, 2.75) is 0 Å². The molecular formula is C15H11FN2O2. The van der Waals surface area contributed by atoms with Gasteiger partial charge in [-0.05, 0) is 36.4 Å². The fourth-order valence-electron chi connectivity index (χ4n) is 2.10. The molecule has 5 heteroatoms. The van der Waals surface area contributed by atoms with Gasteiger partial charge < -0.3 is 4.74 Å². The van der Waals surface area contributed by atoms with Crippen molar-refractivity contribution in [1.82, 2.24) is 9.38 Å². The standard InChI is InChI=1S/C15H11FN2O2/c1-20-15(19)14-13(10-5-7-11(16)8-6-10)17-12-4-2-3-9-18(12)14/h2-9H,1H3. The van der Waals surface area contributed by atoms with Gasteiger partial charge in [0, 0.05) is 11.8 Å². The van der Waals surface area contributed by atoms with Crippen LogP contribution in [-0.4, -0.2) is 22.5 Å². The summed E-state index contributed by atoms with van der Waals surface area (Å²) in [5.74, 6) is -0.819. The summed E-state index contributed by atoms with van der Waals surface area (Å²) in [6.45, 7) is 0. The second-order valence-electron chi connectivity index (χ2n) is 4.24. The van der Waals surface area contributed by atoms with Gasteiger partial charge in [0.2, 0.25) is 0 Å². The molecule has 0 saturated heterocycles. The number of hydrogen-bond donors (Lipinski definition) is 0. The minimum absolute atomic E-state index is 0.328. The first-order valence-corrected chi connectivity index (χ1v) is 6.02. The molecule has 0 unspecified atom stereocenters. The molecule has 0 aliphatic rings. The lowest BCUT2D eigenvalue weighted by molar-refractivity contribution is 0.0594. The molecule has 4 nitrogen and oxygen atoms in total. The summed E-state index contributed by atoms with van der Waals surface area (Å²) >= 11 is 0. The molecule has 0 amide bonds. The number of pyridine rings is 1. The summed E-state index contributed by atoms with van der Waals surface area (Å²) in [6.07, 6.45) is 1.74. The average Bonchev–Trinajstić information content (AvgIpc) is 2.86. The van der Waals surface area contributed by atoms with E-state index >= 15 is 0 Å². The van der Waals surface area contributed by atoms with Crippen LogP contribution < -0.4 is 0 Å². The maximum atomic E-state index is 13.0. The second-order valence-corrected chi connectivity index (χ2v) is 4.24. The number of nitrogens with zero attached hydrogens (tertiary/aromatic N) is 2. The molecule has 20 heavy (non-hydrogen) atoms. The highest BCUT2D eigenvalue weighted by atomic mass is 19.1. The van der Waals surface area contributed by atoms with Crippen molar-refractivity contribution in [1.29, 1.82) is 0 Å². The minimum Gasteiger partial charge on any atom is -0.464 e. The molecule has 2 aromatic heterocycles. The number of carbonyl (C=O) groups is 1. The molecule has 3 rings (SSSR count). The molecule has 0 aliphatic carbocycles. The predicted molar refractivity (Wildman–Crippen MR) is 71.9 cm³/mol. The zero-order valence-corrected chi connectivity index (χ0v) is 10.7. The summed E-state index contributed by atoms with van der Waals surface area (Å²) in [4.78, 5) is 16.4.